The van der Waals surface area contributed by atoms with E-state index in [0.29, 0.717) is 13.1 Å². The van der Waals surface area contributed by atoms with Crippen LogP contribution in [0.1, 0.15) is 17.0 Å². The van der Waals surface area contributed by atoms with E-state index in [0.717, 1.165) is 12.8 Å². The predicted molar refractivity (Wildman–Crippen MR) is 49.7 cm³/mol. The van der Waals surface area contributed by atoms with Crippen LogP contribution in [0, 0.1) is 0 Å². The van der Waals surface area contributed by atoms with Crippen molar-refractivity contribution in [1.29, 1.82) is 0 Å². The van der Waals surface area contributed by atoms with E-state index in [4.69, 9.17) is 5.73 Å². The summed E-state index contributed by atoms with van der Waals surface area (Å²) in [6.45, 7) is 1.24. The predicted octanol–water partition coefficient (Wildman–Crippen LogP) is 0.357. The van der Waals surface area contributed by atoms with Crippen molar-refractivity contribution in [2.24, 2.45) is 5.73 Å². The van der Waals surface area contributed by atoms with Crippen LogP contribution in [0.3, 0.4) is 0 Å². The van der Waals surface area contributed by atoms with E-state index < -0.39 is 0 Å². The van der Waals surface area contributed by atoms with Crippen molar-refractivity contribution < 1.29 is 0 Å². The van der Waals surface area contributed by atoms with Gasteiger partial charge in [0, 0.05) is 23.7 Å². The molecule has 0 atom stereocenters. The fraction of sp³-hybridized carbons (Fsp3) is 0.625. The van der Waals surface area contributed by atoms with Crippen LogP contribution in [-0.2, 0) is 19.4 Å². The van der Waals surface area contributed by atoms with E-state index in [1.54, 1.807) is 0 Å². The Kier molecular flexibility index (Phi) is 2.02. The molecule has 0 radical (unpaired) electrons. The third-order valence-electron chi connectivity index (χ3n) is 2.25. The Labute approximate surface area is 74.8 Å². The number of rotatable bonds is 2. The van der Waals surface area contributed by atoms with Gasteiger partial charge in [-0.25, -0.2) is 0 Å². The lowest BCUT2D eigenvalue weighted by Crippen LogP contribution is -2.20. The van der Waals surface area contributed by atoms with Crippen molar-refractivity contribution in [3.63, 3.8) is 0 Å². The summed E-state index contributed by atoms with van der Waals surface area (Å²) in [5.74, 6) is 0. The Balaban J connectivity index is 2.45. The summed E-state index contributed by atoms with van der Waals surface area (Å²) in [5.41, 5.74) is 6.67. The molecule has 1 aromatic heterocycles. The first-order valence-electron chi connectivity index (χ1n) is 4.24. The quantitative estimate of drug-likeness (QED) is 0.721. The van der Waals surface area contributed by atoms with Gasteiger partial charge in [-0.2, -0.15) is 0 Å². The second-order valence-electron chi connectivity index (χ2n) is 3.03. The van der Waals surface area contributed by atoms with Crippen molar-refractivity contribution in [1.82, 2.24) is 4.57 Å². The van der Waals surface area contributed by atoms with Crippen LogP contribution in [0.2, 0.25) is 0 Å². The maximum Gasteiger partial charge on any atom is 0.307 e. The van der Waals surface area contributed by atoms with Crippen LogP contribution in [0.15, 0.2) is 4.79 Å². The van der Waals surface area contributed by atoms with Gasteiger partial charge in [0.2, 0.25) is 0 Å². The molecule has 12 heavy (non-hydrogen) atoms. The van der Waals surface area contributed by atoms with Crippen LogP contribution in [0.5, 0.6) is 0 Å². The summed E-state index contributed by atoms with van der Waals surface area (Å²) in [7, 11) is 0. The first-order chi connectivity index (χ1) is 5.83. The van der Waals surface area contributed by atoms with Gasteiger partial charge in [-0.15, -0.1) is 0 Å². The van der Waals surface area contributed by atoms with E-state index in [9.17, 15) is 4.79 Å². The van der Waals surface area contributed by atoms with Gasteiger partial charge in [0.1, 0.15) is 0 Å². The highest BCUT2D eigenvalue weighted by atomic mass is 32.1. The molecule has 2 N–H and O–H groups in total. The topological polar surface area (TPSA) is 48.0 Å². The number of aromatic nitrogens is 1. The normalized spacial score (nSPS) is 15.1. The number of hydrogen-bond acceptors (Lipinski definition) is 3. The maximum atomic E-state index is 11.4. The molecule has 1 aliphatic rings. The molecule has 66 valence electrons. The molecule has 3 nitrogen and oxygen atoms in total. The molecule has 0 spiro atoms. The minimum Gasteiger partial charge on any atom is -0.329 e. The van der Waals surface area contributed by atoms with Crippen LogP contribution in [0.25, 0.3) is 0 Å². The Morgan fingerprint density at radius 2 is 2.33 bits per heavy atom. The van der Waals surface area contributed by atoms with Gasteiger partial charge in [-0.3, -0.25) is 4.79 Å². The summed E-state index contributed by atoms with van der Waals surface area (Å²) in [5, 5.41) is 0. The number of thiazole rings is 1. The molecule has 0 bridgehead atoms. The Morgan fingerprint density at radius 3 is 3.08 bits per heavy atom. The molecule has 0 unspecified atom stereocenters. The third-order valence-corrected chi connectivity index (χ3v) is 3.33. The Morgan fingerprint density at radius 1 is 1.50 bits per heavy atom. The van der Waals surface area contributed by atoms with Gasteiger partial charge < -0.3 is 10.3 Å². The van der Waals surface area contributed by atoms with E-state index in [2.05, 4.69) is 0 Å². The molecule has 0 aromatic carbocycles. The molecule has 1 aromatic rings. The first-order valence-corrected chi connectivity index (χ1v) is 5.06. The average Bonchev–Trinajstić information content (AvgIpc) is 2.56. The second kappa shape index (κ2) is 3.03. The smallest absolute Gasteiger partial charge is 0.307 e. The standard InChI is InChI=1S/C8H12N2OS/c9-4-5-10-6-2-1-3-7(6)12-8(10)11/h1-5,9H2. The fourth-order valence-electron chi connectivity index (χ4n) is 1.72. The van der Waals surface area contributed by atoms with Gasteiger partial charge in [-0.05, 0) is 19.3 Å². The minimum atomic E-state index is 0.171. The summed E-state index contributed by atoms with van der Waals surface area (Å²) in [6, 6.07) is 0. The zero-order valence-electron chi connectivity index (χ0n) is 6.88. The molecule has 4 heteroatoms. The van der Waals surface area contributed by atoms with Gasteiger partial charge in [0.25, 0.3) is 0 Å². The van der Waals surface area contributed by atoms with E-state index in [1.165, 1.54) is 28.3 Å². The van der Waals surface area contributed by atoms with Gasteiger partial charge in [-0.1, -0.05) is 11.3 Å². The van der Waals surface area contributed by atoms with Crippen LogP contribution >= 0.6 is 11.3 Å². The molecule has 0 aliphatic heterocycles. The van der Waals surface area contributed by atoms with Crippen molar-refractivity contribution in [3.05, 3.63) is 20.2 Å². The average molecular weight is 184 g/mol. The summed E-state index contributed by atoms with van der Waals surface area (Å²) >= 11 is 1.40. The largest absolute Gasteiger partial charge is 0.329 e. The fourth-order valence-corrected chi connectivity index (χ4v) is 2.82. The summed E-state index contributed by atoms with van der Waals surface area (Å²) < 4.78 is 1.84. The molecular weight excluding hydrogens is 172 g/mol. The monoisotopic (exact) mass is 184 g/mol. The highest BCUT2D eigenvalue weighted by Crippen LogP contribution is 2.23. The van der Waals surface area contributed by atoms with Gasteiger partial charge in [0.15, 0.2) is 0 Å². The maximum absolute atomic E-state index is 11.4. The second-order valence-corrected chi connectivity index (χ2v) is 4.08. The van der Waals surface area contributed by atoms with Crippen molar-refractivity contribution in [2.75, 3.05) is 6.54 Å². The lowest BCUT2D eigenvalue weighted by Gasteiger charge is -2.01. The minimum absolute atomic E-state index is 0.171. The van der Waals surface area contributed by atoms with Gasteiger partial charge in [0.05, 0.1) is 0 Å². The van der Waals surface area contributed by atoms with Crippen LogP contribution in [0.4, 0.5) is 0 Å². The highest BCUT2D eigenvalue weighted by molar-refractivity contribution is 7.09. The molecule has 2 rings (SSSR count). The molecule has 0 fully saturated rings. The van der Waals surface area contributed by atoms with Crippen molar-refractivity contribution in [3.8, 4) is 0 Å². The molecule has 0 amide bonds. The molecular formula is C8H12N2OS. The van der Waals surface area contributed by atoms with Crippen molar-refractivity contribution >= 4 is 11.3 Å². The summed E-state index contributed by atoms with van der Waals surface area (Å²) in [4.78, 5) is 12.8. The van der Waals surface area contributed by atoms with E-state index in [1.807, 2.05) is 4.57 Å². The first kappa shape index (κ1) is 8.01. The molecule has 0 saturated carbocycles. The Hall–Kier alpha value is -0.610. The number of hydrogen-bond donors (Lipinski definition) is 1. The molecule has 0 saturated heterocycles. The molecule has 1 aliphatic carbocycles. The van der Waals surface area contributed by atoms with E-state index in [-0.39, 0.29) is 4.87 Å². The molecule has 1 heterocycles. The SMILES string of the molecule is NCCn1c2c(sc1=O)CCC2. The Bertz CT molecular complexity index is 339. The number of aryl methyl sites for hydroxylation is 1. The number of fused-ring (bicyclic) bond motifs is 1. The van der Waals surface area contributed by atoms with Crippen molar-refractivity contribution in [2.45, 2.75) is 25.8 Å². The summed E-state index contributed by atoms with van der Waals surface area (Å²) in [6.07, 6.45) is 3.35. The lowest BCUT2D eigenvalue weighted by atomic mass is 10.3. The van der Waals surface area contributed by atoms with E-state index >= 15 is 0 Å². The van der Waals surface area contributed by atoms with Crippen LogP contribution in [-0.4, -0.2) is 11.1 Å². The number of nitrogens with two attached hydrogens (primary N) is 1. The number of nitrogens with zero attached hydrogens (tertiary/aromatic N) is 1. The zero-order chi connectivity index (χ0) is 8.55. The zero-order valence-corrected chi connectivity index (χ0v) is 7.69. The van der Waals surface area contributed by atoms with Gasteiger partial charge >= 0.3 is 4.87 Å². The van der Waals surface area contributed by atoms with Crippen LogP contribution < -0.4 is 10.6 Å². The highest BCUT2D eigenvalue weighted by Gasteiger charge is 2.18. The lowest BCUT2D eigenvalue weighted by molar-refractivity contribution is 0.661. The third kappa shape index (κ3) is 1.11.